The summed E-state index contributed by atoms with van der Waals surface area (Å²) < 4.78 is 28.5. The number of carbonyl (C=O) groups is 1. The van der Waals surface area contributed by atoms with Gasteiger partial charge >= 0.3 is 5.97 Å². The molecule has 0 saturated heterocycles. The molecule has 2 fully saturated rings. The first-order valence-corrected chi connectivity index (χ1v) is 10.8. The number of carboxylic acid groups (broad SMARTS) is 1. The largest absolute Gasteiger partial charge is 0.481 e. The summed E-state index contributed by atoms with van der Waals surface area (Å²) in [5.74, 6) is 0.358. The van der Waals surface area contributed by atoms with Gasteiger partial charge in [0.2, 0.25) is 10.0 Å². The molecule has 0 heterocycles. The molecule has 0 amide bonds. The van der Waals surface area contributed by atoms with Crippen LogP contribution >= 0.6 is 0 Å². The molecule has 2 N–H and O–H groups in total. The van der Waals surface area contributed by atoms with E-state index in [4.69, 9.17) is 5.11 Å². The van der Waals surface area contributed by atoms with Gasteiger partial charge in [-0.15, -0.1) is 0 Å². The molecule has 2 aliphatic carbocycles. The van der Waals surface area contributed by atoms with Crippen molar-refractivity contribution in [1.29, 1.82) is 0 Å². The van der Waals surface area contributed by atoms with Crippen LogP contribution in [0.5, 0.6) is 0 Å². The van der Waals surface area contributed by atoms with Gasteiger partial charge in [0.15, 0.2) is 0 Å². The van der Waals surface area contributed by atoms with Crippen LogP contribution in [0, 0.1) is 24.7 Å². The van der Waals surface area contributed by atoms with Crippen LogP contribution in [0.3, 0.4) is 0 Å². The summed E-state index contributed by atoms with van der Waals surface area (Å²) in [7, 11) is -3.52. The molecule has 2 bridgehead atoms. The molecule has 0 radical (unpaired) electrons. The average Bonchev–Trinajstić information content (AvgIpc) is 3.17. The van der Waals surface area contributed by atoms with Crippen LogP contribution < -0.4 is 4.72 Å². The molecule has 6 heteroatoms. The van der Waals surface area contributed by atoms with Crippen LogP contribution in [-0.4, -0.2) is 25.5 Å². The molecular formula is C20H27NO4S. The molecular weight excluding hydrogens is 350 g/mol. The van der Waals surface area contributed by atoms with Crippen molar-refractivity contribution in [1.82, 2.24) is 4.72 Å². The van der Waals surface area contributed by atoms with Crippen LogP contribution in [0.25, 0.3) is 0 Å². The summed E-state index contributed by atoms with van der Waals surface area (Å²) in [6, 6.07) is 6.88. The van der Waals surface area contributed by atoms with Gasteiger partial charge in [-0.1, -0.05) is 29.8 Å². The highest BCUT2D eigenvalue weighted by molar-refractivity contribution is 7.89. The molecule has 1 aromatic carbocycles. The van der Waals surface area contributed by atoms with Crippen molar-refractivity contribution in [2.75, 3.05) is 0 Å². The monoisotopic (exact) mass is 377 g/mol. The molecule has 0 aromatic heterocycles. The van der Waals surface area contributed by atoms with Crippen LogP contribution in [-0.2, 0) is 14.8 Å². The van der Waals surface area contributed by atoms with E-state index in [1.54, 1.807) is 12.1 Å². The van der Waals surface area contributed by atoms with Crippen molar-refractivity contribution in [3.05, 3.63) is 42.0 Å². The van der Waals surface area contributed by atoms with Crippen molar-refractivity contribution in [2.45, 2.75) is 56.4 Å². The zero-order valence-electron chi connectivity index (χ0n) is 15.1. The average molecular weight is 378 g/mol. The normalized spacial score (nSPS) is 28.0. The molecule has 4 unspecified atom stereocenters. The fourth-order valence-corrected chi connectivity index (χ4v) is 5.72. The van der Waals surface area contributed by atoms with Crippen LogP contribution in [0.2, 0.25) is 0 Å². The number of nitrogens with one attached hydrogen (secondary N) is 1. The summed E-state index contributed by atoms with van der Waals surface area (Å²) in [6.45, 7) is 1.94. The van der Waals surface area contributed by atoms with E-state index in [9.17, 15) is 13.2 Å². The summed E-state index contributed by atoms with van der Waals surface area (Å²) in [4.78, 5) is 10.9. The maximum Gasteiger partial charge on any atom is 0.303 e. The van der Waals surface area contributed by atoms with Crippen molar-refractivity contribution in [2.24, 2.45) is 17.8 Å². The van der Waals surface area contributed by atoms with E-state index in [0.717, 1.165) is 31.2 Å². The fourth-order valence-electron chi connectivity index (χ4n) is 4.38. The lowest BCUT2D eigenvalue weighted by molar-refractivity contribution is -0.137. The first kappa shape index (κ1) is 19.1. The minimum Gasteiger partial charge on any atom is -0.481 e. The lowest BCUT2D eigenvalue weighted by Crippen LogP contribution is -2.43. The van der Waals surface area contributed by atoms with Gasteiger partial charge in [0.05, 0.1) is 4.90 Å². The highest BCUT2D eigenvalue weighted by atomic mass is 32.2. The number of aliphatic carboxylic acids is 1. The van der Waals surface area contributed by atoms with E-state index < -0.39 is 16.0 Å². The van der Waals surface area contributed by atoms with E-state index in [1.807, 2.05) is 25.1 Å². The number of sulfonamides is 1. The lowest BCUT2D eigenvalue weighted by Gasteiger charge is -2.29. The number of benzene rings is 1. The van der Waals surface area contributed by atoms with Crippen molar-refractivity contribution >= 4 is 16.0 Å². The van der Waals surface area contributed by atoms with E-state index in [1.165, 1.54) is 0 Å². The quantitative estimate of drug-likeness (QED) is 0.536. The Morgan fingerprint density at radius 1 is 1.23 bits per heavy atom. The molecule has 142 valence electrons. The summed E-state index contributed by atoms with van der Waals surface area (Å²) in [5.41, 5.74) is 1.03. The topological polar surface area (TPSA) is 83.5 Å². The SMILES string of the molecule is Cc1ccc(S(=O)(=O)NC2C3CCC(C3)C2C=CCCCC(=O)O)cc1. The first-order valence-electron chi connectivity index (χ1n) is 9.34. The highest BCUT2D eigenvalue weighted by Crippen LogP contribution is 2.49. The van der Waals surface area contributed by atoms with Gasteiger partial charge in [-0.3, -0.25) is 4.79 Å². The number of hydrogen-bond donors (Lipinski definition) is 2. The van der Waals surface area contributed by atoms with E-state index in [-0.39, 0.29) is 18.4 Å². The van der Waals surface area contributed by atoms with Gasteiger partial charge in [-0.05, 0) is 68.9 Å². The Bertz CT molecular complexity index is 770. The number of carboxylic acids is 1. The number of hydrogen-bond acceptors (Lipinski definition) is 3. The van der Waals surface area contributed by atoms with Crippen molar-refractivity contribution < 1.29 is 18.3 Å². The summed E-state index contributed by atoms with van der Waals surface area (Å²) in [5, 5.41) is 8.70. The Balaban J connectivity index is 1.67. The second-order valence-corrected chi connectivity index (χ2v) is 9.30. The molecule has 1 aromatic rings. The Labute approximate surface area is 155 Å². The molecule has 2 aliphatic rings. The Hall–Kier alpha value is -1.66. The molecule has 4 atom stereocenters. The summed E-state index contributed by atoms with van der Waals surface area (Å²) in [6.07, 6.45) is 8.96. The van der Waals surface area contributed by atoms with Gasteiger partial charge in [-0.25, -0.2) is 13.1 Å². The maximum absolute atomic E-state index is 12.8. The second-order valence-electron chi connectivity index (χ2n) is 7.58. The zero-order valence-corrected chi connectivity index (χ0v) is 15.9. The predicted molar refractivity (Wildman–Crippen MR) is 100 cm³/mol. The number of aryl methyl sites for hydroxylation is 1. The van der Waals surface area contributed by atoms with Crippen LogP contribution in [0.15, 0.2) is 41.3 Å². The minimum atomic E-state index is -3.52. The third kappa shape index (κ3) is 4.35. The lowest BCUT2D eigenvalue weighted by atomic mass is 9.84. The Kier molecular flexibility index (Phi) is 5.82. The minimum absolute atomic E-state index is 0.0595. The Morgan fingerprint density at radius 2 is 1.92 bits per heavy atom. The van der Waals surface area contributed by atoms with E-state index in [2.05, 4.69) is 10.8 Å². The van der Waals surface area contributed by atoms with E-state index in [0.29, 0.717) is 23.2 Å². The van der Waals surface area contributed by atoms with Gasteiger partial charge < -0.3 is 5.11 Å². The van der Waals surface area contributed by atoms with Gasteiger partial charge in [-0.2, -0.15) is 0 Å². The molecule has 0 spiro atoms. The number of fused-ring (bicyclic) bond motifs is 2. The van der Waals surface area contributed by atoms with Gasteiger partial charge in [0.25, 0.3) is 0 Å². The number of rotatable bonds is 8. The molecule has 0 aliphatic heterocycles. The van der Waals surface area contributed by atoms with E-state index >= 15 is 0 Å². The second kappa shape index (κ2) is 7.92. The maximum atomic E-state index is 12.8. The first-order chi connectivity index (χ1) is 12.4. The molecule has 5 nitrogen and oxygen atoms in total. The van der Waals surface area contributed by atoms with Gasteiger partial charge in [0.1, 0.15) is 0 Å². The van der Waals surface area contributed by atoms with Crippen LogP contribution in [0.1, 0.15) is 44.1 Å². The molecule has 3 rings (SSSR count). The van der Waals surface area contributed by atoms with Gasteiger partial charge in [0, 0.05) is 12.5 Å². The molecule has 26 heavy (non-hydrogen) atoms. The van der Waals surface area contributed by atoms with Crippen LogP contribution in [0.4, 0.5) is 0 Å². The fraction of sp³-hybridized carbons (Fsp3) is 0.550. The highest BCUT2D eigenvalue weighted by Gasteiger charge is 2.47. The summed E-state index contributed by atoms with van der Waals surface area (Å²) >= 11 is 0. The zero-order chi connectivity index (χ0) is 18.7. The third-order valence-electron chi connectivity index (χ3n) is 5.72. The third-order valence-corrected chi connectivity index (χ3v) is 7.20. The smallest absolute Gasteiger partial charge is 0.303 e. The Morgan fingerprint density at radius 3 is 2.62 bits per heavy atom. The van der Waals surface area contributed by atoms with Crippen molar-refractivity contribution in [3.8, 4) is 0 Å². The number of unbranched alkanes of at least 4 members (excludes halogenated alkanes) is 1. The standard InChI is InChI=1S/C20H27NO4S/c1-14-7-11-17(12-8-14)26(24,25)21-20-16-10-9-15(13-16)18(20)5-3-2-4-6-19(22)23/h3,5,7-8,11-12,15-16,18,20-21H,2,4,6,9-10,13H2,1H3,(H,22,23). The molecule has 2 saturated carbocycles. The van der Waals surface area contributed by atoms with Crippen molar-refractivity contribution in [3.63, 3.8) is 0 Å². The predicted octanol–water partition coefficient (Wildman–Crippen LogP) is 3.50. The number of allylic oxidation sites excluding steroid dienone is 1.